The molecule has 0 radical (unpaired) electrons. The van der Waals surface area contributed by atoms with Crippen LogP contribution in [0.15, 0.2) is 60.3 Å². The smallest absolute Gasteiger partial charge is 0.351 e. The molecule has 2 aliphatic heterocycles. The lowest BCUT2D eigenvalue weighted by Crippen LogP contribution is -2.54. The van der Waals surface area contributed by atoms with Crippen LogP contribution in [0.1, 0.15) is 43.2 Å². The molecule has 0 spiro atoms. The number of hydrogen-bond acceptors (Lipinski definition) is 6. The Morgan fingerprint density at radius 1 is 1.08 bits per heavy atom. The second-order valence-electron chi connectivity index (χ2n) is 9.02. The number of rotatable bonds is 7. The number of nitrogens with zero attached hydrogens (tertiary/aromatic N) is 1. The van der Waals surface area contributed by atoms with E-state index in [0.717, 1.165) is 23.1 Å². The van der Waals surface area contributed by atoms with Gasteiger partial charge in [-0.1, -0.05) is 25.1 Å². The van der Waals surface area contributed by atoms with Gasteiger partial charge in [-0.15, -0.1) is 0 Å². The third-order valence-electron chi connectivity index (χ3n) is 6.18. The first-order valence-corrected chi connectivity index (χ1v) is 11.7. The molecule has 9 nitrogen and oxygen atoms in total. The van der Waals surface area contributed by atoms with Crippen molar-refractivity contribution >= 4 is 40.9 Å². The molecular formula is C26H23F3N4O5. The third kappa shape index (κ3) is 5.90. The van der Waals surface area contributed by atoms with Gasteiger partial charge in [0.25, 0.3) is 11.8 Å². The molecule has 3 N–H and O–H groups in total. The van der Waals surface area contributed by atoms with E-state index in [2.05, 4.69) is 16.0 Å². The fourth-order valence-corrected chi connectivity index (χ4v) is 4.26. The Hall–Kier alpha value is -4.48. The molecule has 2 aromatic carbocycles. The number of alkyl halides is 3. The minimum Gasteiger partial charge on any atom is -0.351 e. The van der Waals surface area contributed by atoms with Crippen molar-refractivity contribution in [1.82, 2.24) is 10.2 Å². The highest BCUT2D eigenvalue weighted by molar-refractivity contribution is 6.20. The summed E-state index contributed by atoms with van der Waals surface area (Å²) in [7, 11) is 0. The summed E-state index contributed by atoms with van der Waals surface area (Å²) in [5.74, 6) is -3.37. The number of nitrogens with one attached hydrogen (secondary N) is 3. The highest BCUT2D eigenvalue weighted by Gasteiger charge is 2.42. The van der Waals surface area contributed by atoms with Crippen molar-refractivity contribution in [3.05, 3.63) is 71.4 Å². The number of amides is 5. The summed E-state index contributed by atoms with van der Waals surface area (Å²) in [4.78, 5) is 62.1. The van der Waals surface area contributed by atoms with Crippen LogP contribution in [0.5, 0.6) is 0 Å². The lowest BCUT2D eigenvalue weighted by atomic mass is 9.97. The molecule has 38 heavy (non-hydrogen) atoms. The summed E-state index contributed by atoms with van der Waals surface area (Å²) in [5.41, 5.74) is 0.266. The van der Waals surface area contributed by atoms with Crippen molar-refractivity contribution in [2.45, 2.75) is 44.3 Å². The molecule has 2 heterocycles. The Kier molecular flexibility index (Phi) is 7.33. The van der Waals surface area contributed by atoms with Gasteiger partial charge < -0.3 is 10.6 Å². The Labute approximate surface area is 215 Å². The molecule has 0 saturated carbocycles. The minimum atomic E-state index is -4.53. The van der Waals surface area contributed by atoms with Gasteiger partial charge in [0.15, 0.2) is 0 Å². The van der Waals surface area contributed by atoms with E-state index in [4.69, 9.17) is 0 Å². The summed E-state index contributed by atoms with van der Waals surface area (Å²) in [6.07, 6.45) is -3.43. The third-order valence-corrected chi connectivity index (χ3v) is 6.18. The van der Waals surface area contributed by atoms with Crippen LogP contribution in [0, 0.1) is 0 Å². The summed E-state index contributed by atoms with van der Waals surface area (Å²) in [5, 5.41) is 7.46. The number of benzene rings is 2. The fourth-order valence-electron chi connectivity index (χ4n) is 4.26. The van der Waals surface area contributed by atoms with Gasteiger partial charge in [-0.3, -0.25) is 34.2 Å². The monoisotopic (exact) mass is 528 g/mol. The van der Waals surface area contributed by atoms with E-state index in [1.165, 1.54) is 12.1 Å². The van der Waals surface area contributed by atoms with Gasteiger partial charge in [-0.2, -0.15) is 13.2 Å². The molecule has 2 unspecified atom stereocenters. The van der Waals surface area contributed by atoms with Gasteiger partial charge in [0.2, 0.25) is 17.7 Å². The molecule has 0 bridgehead atoms. The van der Waals surface area contributed by atoms with Gasteiger partial charge in [0.05, 0.1) is 5.56 Å². The van der Waals surface area contributed by atoms with Crippen molar-refractivity contribution in [1.29, 1.82) is 0 Å². The maximum atomic E-state index is 12.9. The SMILES string of the molecule is CC(CC(=O)Nc1cccc(C(F)(F)F)c1)c1cccc(NC2=CC(=O)N(C3CCC(=O)NC3=O)C2=O)c1. The molecule has 4 rings (SSSR count). The Morgan fingerprint density at radius 3 is 2.50 bits per heavy atom. The molecule has 5 amide bonds. The second kappa shape index (κ2) is 10.5. The van der Waals surface area contributed by atoms with Gasteiger partial charge in [-0.05, 0) is 48.2 Å². The van der Waals surface area contributed by atoms with Crippen LogP contribution < -0.4 is 16.0 Å². The largest absolute Gasteiger partial charge is 0.416 e. The van der Waals surface area contributed by atoms with E-state index in [9.17, 15) is 37.1 Å². The first-order chi connectivity index (χ1) is 17.9. The van der Waals surface area contributed by atoms with Gasteiger partial charge in [0.1, 0.15) is 11.7 Å². The molecule has 1 fully saturated rings. The minimum absolute atomic E-state index is 0.0114. The fraction of sp³-hybridized carbons (Fsp3) is 0.269. The zero-order valence-electron chi connectivity index (χ0n) is 20.1. The highest BCUT2D eigenvalue weighted by atomic mass is 19.4. The molecular weight excluding hydrogens is 505 g/mol. The number of halogens is 3. The molecule has 2 aliphatic rings. The number of carbonyl (C=O) groups is 5. The standard InChI is InChI=1S/C26H23F3N4O5/c1-14(10-22(35)31-18-7-3-5-16(12-18)26(27,28)29)15-4-2-6-17(11-15)30-19-13-23(36)33(25(19)38)20-8-9-21(34)32-24(20)37/h2-7,11-14,20,30H,8-10H2,1H3,(H,31,35)(H,32,34,37). The van der Waals surface area contributed by atoms with Gasteiger partial charge >= 0.3 is 6.18 Å². The Balaban J connectivity index is 1.39. The van der Waals surface area contributed by atoms with Crippen LogP contribution in [0.3, 0.4) is 0 Å². The van der Waals surface area contributed by atoms with Crippen LogP contribution in [0.2, 0.25) is 0 Å². The summed E-state index contributed by atoms with van der Waals surface area (Å²) in [6, 6.07) is 10.0. The van der Waals surface area contributed by atoms with Crippen LogP contribution in [0.4, 0.5) is 24.5 Å². The predicted octanol–water partition coefficient (Wildman–Crippen LogP) is 3.31. The zero-order chi connectivity index (χ0) is 27.6. The van der Waals surface area contributed by atoms with E-state index < -0.39 is 47.3 Å². The summed E-state index contributed by atoms with van der Waals surface area (Å²) >= 11 is 0. The maximum Gasteiger partial charge on any atom is 0.416 e. The van der Waals surface area contributed by atoms with Gasteiger partial charge in [-0.25, -0.2) is 0 Å². The average Bonchev–Trinajstić information content (AvgIpc) is 3.11. The predicted molar refractivity (Wildman–Crippen MR) is 129 cm³/mol. The summed E-state index contributed by atoms with van der Waals surface area (Å²) in [6.45, 7) is 1.76. The molecule has 0 aliphatic carbocycles. The van der Waals surface area contributed by atoms with Crippen molar-refractivity contribution in [3.8, 4) is 0 Å². The quantitative estimate of drug-likeness (QED) is 0.474. The van der Waals surface area contributed by atoms with Crippen molar-refractivity contribution < 1.29 is 37.1 Å². The van der Waals surface area contributed by atoms with Gasteiger partial charge in [0, 0.05) is 30.3 Å². The Morgan fingerprint density at radius 2 is 1.79 bits per heavy atom. The van der Waals surface area contributed by atoms with Crippen molar-refractivity contribution in [2.24, 2.45) is 0 Å². The first-order valence-electron chi connectivity index (χ1n) is 11.7. The topological polar surface area (TPSA) is 125 Å². The van der Waals surface area contributed by atoms with E-state index >= 15 is 0 Å². The molecule has 2 aromatic rings. The number of anilines is 2. The maximum absolute atomic E-state index is 12.9. The van der Waals surface area contributed by atoms with Crippen LogP contribution in [-0.4, -0.2) is 40.5 Å². The molecule has 1 saturated heterocycles. The molecule has 2 atom stereocenters. The van der Waals surface area contributed by atoms with Crippen LogP contribution in [-0.2, 0) is 30.1 Å². The van der Waals surface area contributed by atoms with E-state index in [1.54, 1.807) is 31.2 Å². The van der Waals surface area contributed by atoms with E-state index in [1.807, 2.05) is 0 Å². The molecule has 12 heteroatoms. The van der Waals surface area contributed by atoms with Crippen molar-refractivity contribution in [2.75, 3.05) is 10.6 Å². The van der Waals surface area contributed by atoms with Crippen molar-refractivity contribution in [3.63, 3.8) is 0 Å². The normalized spacial score (nSPS) is 18.7. The number of hydrogen-bond donors (Lipinski definition) is 3. The Bertz CT molecular complexity index is 1350. The number of carbonyl (C=O) groups excluding carboxylic acids is 5. The van der Waals surface area contributed by atoms with E-state index in [-0.39, 0.29) is 36.6 Å². The van der Waals surface area contributed by atoms with Crippen LogP contribution >= 0.6 is 0 Å². The molecule has 0 aromatic heterocycles. The summed E-state index contributed by atoms with van der Waals surface area (Å²) < 4.78 is 38.8. The van der Waals surface area contributed by atoms with E-state index in [0.29, 0.717) is 11.3 Å². The average molecular weight is 528 g/mol. The van der Waals surface area contributed by atoms with Crippen LogP contribution in [0.25, 0.3) is 0 Å². The number of imide groups is 2. The first kappa shape index (κ1) is 26.6. The highest BCUT2D eigenvalue weighted by Crippen LogP contribution is 2.31. The molecule has 198 valence electrons. The zero-order valence-corrected chi connectivity index (χ0v) is 20.1. The lowest BCUT2D eigenvalue weighted by molar-refractivity contribution is -0.149. The second-order valence-corrected chi connectivity index (χ2v) is 9.02. The number of piperidine rings is 1. The lowest BCUT2D eigenvalue weighted by Gasteiger charge is -2.28.